The van der Waals surface area contributed by atoms with Crippen molar-refractivity contribution < 1.29 is 4.43 Å². The minimum atomic E-state index is -1.63. The molecule has 0 amide bonds. The van der Waals surface area contributed by atoms with Gasteiger partial charge in [-0.05, 0) is 38.9 Å². The molecule has 1 fully saturated rings. The van der Waals surface area contributed by atoms with Gasteiger partial charge in [-0.25, -0.2) is 0 Å². The number of hydrogen-bond acceptors (Lipinski definition) is 1. The fourth-order valence-corrected chi connectivity index (χ4v) is 14.8. The molecule has 104 valence electrons. The van der Waals surface area contributed by atoms with Gasteiger partial charge in [0.15, 0.2) is 7.83 Å². The van der Waals surface area contributed by atoms with Gasteiger partial charge in [-0.1, -0.05) is 54.7 Å². The zero-order valence-corrected chi connectivity index (χ0v) is 14.9. The average molecular weight is 291 g/mol. The second-order valence-corrected chi connectivity index (χ2v) is 20.9. The van der Waals surface area contributed by atoms with Crippen LogP contribution in [0.4, 0.5) is 0 Å². The molecule has 0 N–H and O–H groups in total. The lowest BCUT2D eigenvalue weighted by Crippen LogP contribution is -2.71. The highest BCUT2D eigenvalue weighted by atomic mass is 29.3. The van der Waals surface area contributed by atoms with Crippen LogP contribution in [0, 0.1) is 0 Å². The van der Waals surface area contributed by atoms with Gasteiger partial charge in [-0.3, -0.25) is 0 Å². The third kappa shape index (κ3) is 2.64. The predicted molar refractivity (Wildman–Crippen MR) is 89.9 cm³/mol. The highest BCUT2D eigenvalue weighted by molar-refractivity contribution is 7.44. The van der Waals surface area contributed by atoms with Crippen LogP contribution in [0.1, 0.15) is 25.8 Å². The quantitative estimate of drug-likeness (QED) is 0.745. The molecule has 2 rings (SSSR count). The number of benzene rings is 1. The van der Waals surface area contributed by atoms with E-state index in [0.29, 0.717) is 0 Å². The third-order valence-corrected chi connectivity index (χ3v) is 21.3. The Labute approximate surface area is 119 Å². The van der Waals surface area contributed by atoms with E-state index in [0.717, 1.165) is 0 Å². The molecule has 1 aromatic rings. The smallest absolute Gasteiger partial charge is 0.180 e. The lowest BCUT2D eigenvalue weighted by atomic mass is 10.1. The van der Waals surface area contributed by atoms with Crippen LogP contribution in [0.25, 0.3) is 6.08 Å². The van der Waals surface area contributed by atoms with E-state index >= 15 is 0 Å². The maximum Gasteiger partial charge on any atom is 0.180 e. The molecule has 1 aliphatic heterocycles. The number of rotatable bonds is 2. The highest BCUT2D eigenvalue weighted by Crippen LogP contribution is 2.38. The minimum absolute atomic E-state index is 0.0727. The van der Waals surface area contributed by atoms with Crippen LogP contribution >= 0.6 is 0 Å². The standard InChI is InChI=1S/C16H26OSi2/c1-7-14-8-10-15(11-9-14)19(6)13-12-16(2,3)17-18(19,4)5/h7-11H,1,12-13H2,2-6H3. The molecule has 0 aliphatic carbocycles. The third-order valence-electron chi connectivity index (χ3n) is 4.87. The van der Waals surface area contributed by atoms with E-state index in [1.807, 2.05) is 6.08 Å². The first-order chi connectivity index (χ1) is 8.70. The van der Waals surface area contributed by atoms with E-state index < -0.39 is 15.4 Å². The Morgan fingerprint density at radius 1 is 1.16 bits per heavy atom. The maximum absolute atomic E-state index is 6.57. The SMILES string of the molecule is C=Cc1ccc([Si]2(C)CCC(C)(C)O[Si]2(C)C)cc1. The Balaban J connectivity index is 2.38. The zero-order valence-electron chi connectivity index (χ0n) is 12.9. The van der Waals surface area contributed by atoms with Gasteiger partial charge in [0, 0.05) is 0 Å². The summed E-state index contributed by atoms with van der Waals surface area (Å²) < 4.78 is 6.57. The van der Waals surface area contributed by atoms with E-state index in [9.17, 15) is 0 Å². The predicted octanol–water partition coefficient (Wildman–Crippen LogP) is 4.10. The molecule has 0 radical (unpaired) electrons. The first-order valence-electron chi connectivity index (χ1n) is 7.13. The van der Waals surface area contributed by atoms with Crippen molar-refractivity contribution in [1.82, 2.24) is 0 Å². The topological polar surface area (TPSA) is 9.23 Å². The fraction of sp³-hybridized carbons (Fsp3) is 0.500. The van der Waals surface area contributed by atoms with Crippen LogP contribution < -0.4 is 5.19 Å². The summed E-state index contributed by atoms with van der Waals surface area (Å²) in [6.45, 7) is 15.7. The van der Waals surface area contributed by atoms with Crippen molar-refractivity contribution >= 4 is 26.7 Å². The lowest BCUT2D eigenvalue weighted by Gasteiger charge is -2.51. The summed E-state index contributed by atoms with van der Waals surface area (Å²) in [5, 5.41) is 1.56. The molecule has 1 saturated heterocycles. The van der Waals surface area contributed by atoms with Crippen LogP contribution in [0.15, 0.2) is 30.8 Å². The summed E-state index contributed by atoms with van der Waals surface area (Å²) in [5.74, 6) is 0. The zero-order chi connectivity index (χ0) is 14.3. The first kappa shape index (κ1) is 14.8. The normalized spacial score (nSPS) is 28.9. The summed E-state index contributed by atoms with van der Waals surface area (Å²) in [4.78, 5) is 0. The van der Waals surface area contributed by atoms with Gasteiger partial charge >= 0.3 is 0 Å². The highest BCUT2D eigenvalue weighted by Gasteiger charge is 2.53. The molecular weight excluding hydrogens is 264 g/mol. The lowest BCUT2D eigenvalue weighted by molar-refractivity contribution is 0.0937. The summed E-state index contributed by atoms with van der Waals surface area (Å²) in [6.07, 6.45) is 3.10. The largest absolute Gasteiger partial charge is 0.415 e. The van der Waals surface area contributed by atoms with Crippen molar-refractivity contribution in [2.45, 2.75) is 51.6 Å². The van der Waals surface area contributed by atoms with Gasteiger partial charge in [0.2, 0.25) is 0 Å². The van der Waals surface area contributed by atoms with E-state index in [2.05, 4.69) is 64.3 Å². The Bertz CT molecular complexity index is 476. The molecule has 0 spiro atoms. The Morgan fingerprint density at radius 3 is 2.21 bits per heavy atom. The van der Waals surface area contributed by atoms with Gasteiger partial charge < -0.3 is 4.43 Å². The van der Waals surface area contributed by atoms with E-state index in [1.165, 1.54) is 18.0 Å². The van der Waals surface area contributed by atoms with Crippen molar-refractivity contribution in [3.8, 4) is 0 Å². The van der Waals surface area contributed by atoms with Gasteiger partial charge in [-0.15, -0.1) is 0 Å². The van der Waals surface area contributed by atoms with Crippen molar-refractivity contribution in [3.63, 3.8) is 0 Å². The van der Waals surface area contributed by atoms with Crippen molar-refractivity contribution in [2.24, 2.45) is 0 Å². The molecule has 0 saturated carbocycles. The molecule has 19 heavy (non-hydrogen) atoms. The Kier molecular flexibility index (Phi) is 3.67. The van der Waals surface area contributed by atoms with Gasteiger partial charge in [0.25, 0.3) is 0 Å². The molecule has 0 aromatic heterocycles. The molecule has 1 aliphatic rings. The summed E-state index contributed by atoms with van der Waals surface area (Å²) in [5.41, 5.74) is 1.28. The molecule has 3 heteroatoms. The van der Waals surface area contributed by atoms with Crippen LogP contribution in [0.5, 0.6) is 0 Å². The molecule has 0 bridgehead atoms. The number of hydrogen-bond donors (Lipinski definition) is 0. The van der Waals surface area contributed by atoms with E-state index in [1.54, 1.807) is 5.19 Å². The van der Waals surface area contributed by atoms with Gasteiger partial charge in [0.05, 0.1) is 5.60 Å². The van der Waals surface area contributed by atoms with Crippen LogP contribution in [0.3, 0.4) is 0 Å². The average Bonchev–Trinajstić information content (AvgIpc) is 2.33. The van der Waals surface area contributed by atoms with Gasteiger partial charge in [-0.2, -0.15) is 0 Å². The fourth-order valence-electron chi connectivity index (χ4n) is 3.19. The second-order valence-electron chi connectivity index (χ2n) is 7.03. The summed E-state index contributed by atoms with van der Waals surface area (Å²) in [6, 6.07) is 10.4. The molecule has 1 aromatic carbocycles. The van der Waals surface area contributed by atoms with Crippen LogP contribution in [-0.2, 0) is 4.43 Å². The Hall–Kier alpha value is -0.646. The summed E-state index contributed by atoms with van der Waals surface area (Å²) in [7, 11) is -3.12. The van der Waals surface area contributed by atoms with E-state index in [4.69, 9.17) is 4.43 Å². The second kappa shape index (κ2) is 4.72. The molecular formula is C16H26OSi2. The minimum Gasteiger partial charge on any atom is -0.415 e. The monoisotopic (exact) mass is 290 g/mol. The molecule has 1 nitrogen and oxygen atoms in total. The van der Waals surface area contributed by atoms with E-state index in [-0.39, 0.29) is 5.60 Å². The Morgan fingerprint density at radius 2 is 1.74 bits per heavy atom. The molecule has 1 atom stereocenters. The maximum atomic E-state index is 6.57. The summed E-state index contributed by atoms with van der Waals surface area (Å²) >= 11 is 0. The van der Waals surface area contributed by atoms with Crippen molar-refractivity contribution in [1.29, 1.82) is 0 Å². The van der Waals surface area contributed by atoms with Crippen LogP contribution in [0.2, 0.25) is 25.7 Å². The first-order valence-corrected chi connectivity index (χ1v) is 13.7. The molecule has 1 unspecified atom stereocenters. The molecule has 1 heterocycles. The van der Waals surface area contributed by atoms with Crippen LogP contribution in [-0.4, -0.2) is 21.0 Å². The van der Waals surface area contributed by atoms with Crippen molar-refractivity contribution in [2.75, 3.05) is 0 Å². The van der Waals surface area contributed by atoms with Gasteiger partial charge in [0.1, 0.15) is 7.59 Å². The van der Waals surface area contributed by atoms with Crippen molar-refractivity contribution in [3.05, 3.63) is 36.4 Å².